The van der Waals surface area contributed by atoms with E-state index in [1.54, 1.807) is 0 Å². The quantitative estimate of drug-likeness (QED) is 0.183. The van der Waals surface area contributed by atoms with Gasteiger partial charge in [0.25, 0.3) is 0 Å². The van der Waals surface area contributed by atoms with Crippen LogP contribution in [-0.2, 0) is 0 Å². The molecule has 3 nitrogen and oxygen atoms in total. The van der Waals surface area contributed by atoms with E-state index in [0.717, 1.165) is 38.4 Å². The zero-order valence-electron chi connectivity index (χ0n) is 25.9. The Morgan fingerprint density at radius 1 is 0.354 bits per heavy atom. The fourth-order valence-electron chi connectivity index (χ4n) is 7.68. The summed E-state index contributed by atoms with van der Waals surface area (Å²) in [5.41, 5.74) is 10.0. The molecule has 10 rings (SSSR count). The van der Waals surface area contributed by atoms with Crippen molar-refractivity contribution in [2.24, 2.45) is 0 Å². The second-order valence-electron chi connectivity index (χ2n) is 12.5. The summed E-state index contributed by atoms with van der Waals surface area (Å²) in [7, 11) is 0. The van der Waals surface area contributed by atoms with Crippen LogP contribution in [0.25, 0.3) is 87.7 Å². The maximum absolute atomic E-state index is 9.61. The average Bonchev–Trinajstić information content (AvgIpc) is 3.67. The molecule has 0 atom stereocenters. The maximum atomic E-state index is 9.61. The highest BCUT2D eigenvalue weighted by Gasteiger charge is 2.16. The highest BCUT2D eigenvalue weighted by Crippen LogP contribution is 2.39. The minimum atomic E-state index is 0.673. The minimum Gasteiger partial charge on any atom is -0.309 e. The van der Waals surface area contributed by atoms with Crippen molar-refractivity contribution in [1.82, 2.24) is 9.13 Å². The Kier molecular flexibility index (Phi) is 5.64. The fourth-order valence-corrected chi connectivity index (χ4v) is 7.68. The van der Waals surface area contributed by atoms with E-state index in [2.05, 4.69) is 161 Å². The Morgan fingerprint density at radius 2 is 0.917 bits per heavy atom. The molecule has 0 saturated heterocycles. The van der Waals surface area contributed by atoms with Gasteiger partial charge in [0, 0.05) is 32.9 Å². The van der Waals surface area contributed by atoms with Crippen molar-refractivity contribution in [3.63, 3.8) is 0 Å². The van der Waals surface area contributed by atoms with Gasteiger partial charge in [0.05, 0.1) is 33.7 Å². The zero-order chi connectivity index (χ0) is 31.8. The van der Waals surface area contributed by atoms with Crippen molar-refractivity contribution in [3.8, 4) is 28.6 Å². The van der Waals surface area contributed by atoms with Gasteiger partial charge in [-0.25, -0.2) is 0 Å². The SMILES string of the molecule is N#Cc1ccc2ccc3ccc(-n4c5ccccc5c5cc(-c6ccc7c8ccccc8n(-c8ccccc8)c7c6)ccc54)cc3c2c1. The first-order valence-electron chi connectivity index (χ1n) is 16.2. The van der Waals surface area contributed by atoms with Gasteiger partial charge in [-0.05, 0) is 99.4 Å². The van der Waals surface area contributed by atoms with Crippen LogP contribution in [0.2, 0.25) is 0 Å². The van der Waals surface area contributed by atoms with Gasteiger partial charge in [0.15, 0.2) is 0 Å². The standard InChI is InChI=1S/C45H27N3/c46-28-29-14-15-30-16-17-31-18-21-35(27-40(31)39(30)24-29)48-43-13-7-5-11-37(43)41-25-32(20-23-44(41)48)33-19-22-38-36-10-4-6-12-42(36)47(45(38)26-33)34-8-2-1-3-9-34/h1-27H. The molecule has 0 aliphatic heterocycles. The van der Waals surface area contributed by atoms with Crippen LogP contribution in [0.3, 0.4) is 0 Å². The lowest BCUT2D eigenvalue weighted by Crippen LogP contribution is -1.94. The van der Waals surface area contributed by atoms with E-state index in [4.69, 9.17) is 0 Å². The Balaban J connectivity index is 1.19. The summed E-state index contributed by atoms with van der Waals surface area (Å²) in [6.45, 7) is 0. The molecule has 0 saturated carbocycles. The topological polar surface area (TPSA) is 33.6 Å². The summed E-state index contributed by atoms with van der Waals surface area (Å²) in [6, 6.07) is 60.9. The van der Waals surface area contributed by atoms with E-state index >= 15 is 0 Å². The lowest BCUT2D eigenvalue weighted by atomic mass is 9.99. The molecule has 0 spiro atoms. The second kappa shape index (κ2) is 10.2. The maximum Gasteiger partial charge on any atom is 0.0991 e. The van der Waals surface area contributed by atoms with Gasteiger partial charge in [-0.15, -0.1) is 0 Å². The van der Waals surface area contributed by atoms with Gasteiger partial charge >= 0.3 is 0 Å². The molecule has 0 amide bonds. The van der Waals surface area contributed by atoms with Crippen LogP contribution in [0.5, 0.6) is 0 Å². The lowest BCUT2D eigenvalue weighted by molar-refractivity contribution is 1.18. The minimum absolute atomic E-state index is 0.673. The van der Waals surface area contributed by atoms with Crippen molar-refractivity contribution in [2.75, 3.05) is 0 Å². The Morgan fingerprint density at radius 3 is 1.69 bits per heavy atom. The lowest BCUT2D eigenvalue weighted by Gasteiger charge is -2.12. The molecule has 0 fully saturated rings. The predicted molar refractivity (Wildman–Crippen MR) is 200 cm³/mol. The third kappa shape index (κ3) is 3.87. The number of rotatable bonds is 3. The molecule has 0 N–H and O–H groups in total. The van der Waals surface area contributed by atoms with Crippen molar-refractivity contribution < 1.29 is 0 Å². The second-order valence-corrected chi connectivity index (χ2v) is 12.5. The number of nitrogens with zero attached hydrogens (tertiary/aromatic N) is 3. The molecule has 2 aromatic heterocycles. The summed E-state index contributed by atoms with van der Waals surface area (Å²) >= 11 is 0. The largest absolute Gasteiger partial charge is 0.309 e. The normalized spacial score (nSPS) is 11.7. The van der Waals surface area contributed by atoms with Crippen molar-refractivity contribution >= 4 is 65.2 Å². The number of hydrogen-bond donors (Lipinski definition) is 0. The molecule has 0 aliphatic carbocycles. The van der Waals surface area contributed by atoms with Gasteiger partial charge in [-0.1, -0.05) is 97.1 Å². The van der Waals surface area contributed by atoms with Crippen molar-refractivity contribution in [2.45, 2.75) is 0 Å². The molecule has 48 heavy (non-hydrogen) atoms. The summed E-state index contributed by atoms with van der Waals surface area (Å²) in [4.78, 5) is 0. The van der Waals surface area contributed by atoms with Gasteiger partial charge in [-0.2, -0.15) is 5.26 Å². The summed E-state index contributed by atoms with van der Waals surface area (Å²) in [6.07, 6.45) is 0. The number of hydrogen-bond acceptors (Lipinski definition) is 1. The van der Waals surface area contributed by atoms with Gasteiger partial charge in [0.1, 0.15) is 0 Å². The van der Waals surface area contributed by atoms with E-state index in [-0.39, 0.29) is 0 Å². The number of fused-ring (bicyclic) bond motifs is 9. The summed E-state index contributed by atoms with van der Waals surface area (Å²) in [5.74, 6) is 0. The number of para-hydroxylation sites is 3. The van der Waals surface area contributed by atoms with Crippen LogP contribution in [0, 0.1) is 11.3 Å². The first kappa shape index (κ1) is 26.6. The monoisotopic (exact) mass is 609 g/mol. The third-order valence-corrected chi connectivity index (χ3v) is 9.90. The average molecular weight is 610 g/mol. The highest BCUT2D eigenvalue weighted by atomic mass is 15.0. The molecule has 0 aliphatic rings. The number of aromatic nitrogens is 2. The molecule has 0 radical (unpaired) electrons. The van der Waals surface area contributed by atoms with Crippen LogP contribution in [-0.4, -0.2) is 9.13 Å². The highest BCUT2D eigenvalue weighted by molar-refractivity contribution is 6.13. The molecule has 8 aromatic carbocycles. The molecule has 0 unspecified atom stereocenters. The van der Waals surface area contributed by atoms with E-state index in [9.17, 15) is 5.26 Å². The van der Waals surface area contributed by atoms with Gasteiger partial charge in [0.2, 0.25) is 0 Å². The fraction of sp³-hybridized carbons (Fsp3) is 0. The molecule has 222 valence electrons. The molecule has 0 bridgehead atoms. The first-order chi connectivity index (χ1) is 23.7. The first-order valence-corrected chi connectivity index (χ1v) is 16.2. The number of nitriles is 1. The molecular weight excluding hydrogens is 583 g/mol. The summed E-state index contributed by atoms with van der Waals surface area (Å²) < 4.78 is 4.75. The van der Waals surface area contributed by atoms with E-state index in [1.165, 1.54) is 49.2 Å². The predicted octanol–water partition coefficient (Wildman–Crippen LogP) is 11.7. The molecular formula is C45H27N3. The van der Waals surface area contributed by atoms with Crippen LogP contribution in [0.1, 0.15) is 5.56 Å². The van der Waals surface area contributed by atoms with Crippen LogP contribution >= 0.6 is 0 Å². The molecule has 3 heteroatoms. The van der Waals surface area contributed by atoms with Crippen molar-refractivity contribution in [1.29, 1.82) is 5.26 Å². The van der Waals surface area contributed by atoms with Crippen molar-refractivity contribution in [3.05, 3.63) is 169 Å². The van der Waals surface area contributed by atoms with Crippen LogP contribution in [0.4, 0.5) is 0 Å². The molecule has 10 aromatic rings. The van der Waals surface area contributed by atoms with Gasteiger partial charge in [-0.3, -0.25) is 0 Å². The Hall–Kier alpha value is -6.63. The zero-order valence-corrected chi connectivity index (χ0v) is 25.9. The third-order valence-electron chi connectivity index (χ3n) is 9.90. The molecule has 2 heterocycles. The van der Waals surface area contributed by atoms with Crippen LogP contribution in [0.15, 0.2) is 164 Å². The Labute approximate surface area is 276 Å². The Bertz CT molecular complexity index is 2950. The van der Waals surface area contributed by atoms with Crippen LogP contribution < -0.4 is 0 Å². The van der Waals surface area contributed by atoms with Gasteiger partial charge < -0.3 is 9.13 Å². The smallest absolute Gasteiger partial charge is 0.0991 e. The van der Waals surface area contributed by atoms with E-state index < -0.39 is 0 Å². The van der Waals surface area contributed by atoms with E-state index in [1.807, 2.05) is 18.2 Å². The van der Waals surface area contributed by atoms with E-state index in [0.29, 0.717) is 5.56 Å². The number of benzene rings is 8. The summed E-state index contributed by atoms with van der Waals surface area (Å²) in [5, 5.41) is 19.1.